The van der Waals surface area contributed by atoms with Crippen molar-refractivity contribution in [2.45, 2.75) is 52.4 Å². The third-order valence-corrected chi connectivity index (χ3v) is 6.26. The first kappa shape index (κ1) is 26.0. The minimum absolute atomic E-state index is 0. The van der Waals surface area contributed by atoms with Crippen LogP contribution in [0.1, 0.15) is 58.2 Å². The van der Waals surface area contributed by atoms with Crippen molar-refractivity contribution in [3.8, 4) is 5.75 Å². The molecule has 0 aliphatic carbocycles. The maximum absolute atomic E-state index is 13.0. The maximum atomic E-state index is 13.0. The van der Waals surface area contributed by atoms with Crippen LogP contribution in [-0.4, -0.2) is 53.7 Å². The molecule has 8 heteroatoms. The normalized spacial score (nSPS) is 17.6. The third kappa shape index (κ3) is 5.54. The standard InChI is InChI=1S/C26H33N3O4.ClH/c1-4-33-24-11-20-19(15-29(26(20)32)14-16(2)3)9-21(24)25(31)28-13-23(30)22-10-17-7-5-6-8-18(17)12-27-22;/h5-9,11,16,22-23,27,30H,4,10,12-15H2,1-3H3,(H,28,31);1H. The monoisotopic (exact) mass is 487 g/mol. The number of carbonyl (C=O) groups is 2. The number of halogens is 1. The van der Waals surface area contributed by atoms with Crippen molar-refractivity contribution < 1.29 is 19.4 Å². The van der Waals surface area contributed by atoms with Gasteiger partial charge >= 0.3 is 0 Å². The number of nitrogens with zero attached hydrogens (tertiary/aromatic N) is 1. The van der Waals surface area contributed by atoms with Crippen LogP contribution in [-0.2, 0) is 19.5 Å². The second-order valence-corrected chi connectivity index (χ2v) is 9.26. The molecular weight excluding hydrogens is 454 g/mol. The first-order valence-electron chi connectivity index (χ1n) is 11.7. The van der Waals surface area contributed by atoms with E-state index in [1.54, 1.807) is 12.1 Å². The number of ether oxygens (including phenoxy) is 1. The number of hydrogen-bond acceptors (Lipinski definition) is 5. The predicted molar refractivity (Wildman–Crippen MR) is 134 cm³/mol. The maximum Gasteiger partial charge on any atom is 0.255 e. The van der Waals surface area contributed by atoms with Gasteiger partial charge in [0.2, 0.25) is 0 Å². The van der Waals surface area contributed by atoms with Crippen LogP contribution >= 0.6 is 12.4 Å². The number of hydrogen-bond donors (Lipinski definition) is 3. The van der Waals surface area contributed by atoms with Gasteiger partial charge in [0.25, 0.3) is 11.8 Å². The summed E-state index contributed by atoms with van der Waals surface area (Å²) in [5, 5.41) is 16.9. The Morgan fingerprint density at radius 3 is 2.68 bits per heavy atom. The number of aliphatic hydroxyl groups is 1. The highest BCUT2D eigenvalue weighted by atomic mass is 35.5. The van der Waals surface area contributed by atoms with Gasteiger partial charge in [-0.15, -0.1) is 12.4 Å². The number of fused-ring (bicyclic) bond motifs is 2. The molecular formula is C26H34ClN3O4. The lowest BCUT2D eigenvalue weighted by molar-refractivity contribution is 0.0759. The average Bonchev–Trinajstić information content (AvgIpc) is 3.10. The van der Waals surface area contributed by atoms with Crippen LogP contribution in [0.5, 0.6) is 5.75 Å². The molecule has 184 valence electrons. The summed E-state index contributed by atoms with van der Waals surface area (Å²) in [4.78, 5) is 27.6. The van der Waals surface area contributed by atoms with E-state index in [0.717, 1.165) is 5.56 Å². The van der Waals surface area contributed by atoms with E-state index < -0.39 is 6.10 Å². The van der Waals surface area contributed by atoms with Crippen LogP contribution in [0.15, 0.2) is 36.4 Å². The average molecular weight is 488 g/mol. The molecule has 2 atom stereocenters. The van der Waals surface area contributed by atoms with Crippen LogP contribution < -0.4 is 15.4 Å². The van der Waals surface area contributed by atoms with E-state index >= 15 is 0 Å². The first-order chi connectivity index (χ1) is 15.9. The quantitative estimate of drug-likeness (QED) is 0.532. The molecule has 4 rings (SSSR count). The minimum Gasteiger partial charge on any atom is -0.493 e. The molecule has 34 heavy (non-hydrogen) atoms. The van der Waals surface area contributed by atoms with Crippen molar-refractivity contribution in [2.24, 2.45) is 5.92 Å². The van der Waals surface area contributed by atoms with E-state index in [1.165, 1.54) is 11.1 Å². The van der Waals surface area contributed by atoms with E-state index in [4.69, 9.17) is 4.74 Å². The van der Waals surface area contributed by atoms with Crippen molar-refractivity contribution in [1.29, 1.82) is 0 Å². The van der Waals surface area contributed by atoms with Gasteiger partial charge in [0.15, 0.2) is 0 Å². The summed E-state index contributed by atoms with van der Waals surface area (Å²) < 4.78 is 5.70. The Balaban J connectivity index is 0.00000324. The highest BCUT2D eigenvalue weighted by Gasteiger charge is 2.31. The number of benzene rings is 2. The fourth-order valence-corrected chi connectivity index (χ4v) is 4.63. The first-order valence-corrected chi connectivity index (χ1v) is 11.7. The lowest BCUT2D eigenvalue weighted by atomic mass is 9.93. The summed E-state index contributed by atoms with van der Waals surface area (Å²) in [5.41, 5.74) is 4.29. The van der Waals surface area contributed by atoms with E-state index in [0.29, 0.717) is 55.5 Å². The van der Waals surface area contributed by atoms with Crippen LogP contribution in [0, 0.1) is 5.92 Å². The van der Waals surface area contributed by atoms with Crippen molar-refractivity contribution in [1.82, 2.24) is 15.5 Å². The summed E-state index contributed by atoms with van der Waals surface area (Å²) in [6.07, 6.45) is -0.0141. The molecule has 0 spiro atoms. The summed E-state index contributed by atoms with van der Waals surface area (Å²) in [6, 6.07) is 11.5. The SMILES string of the molecule is CCOc1cc2c(cc1C(=O)NCC(O)C1Cc3ccccc3CN1)CN(CC(C)C)C2=O.Cl. The largest absolute Gasteiger partial charge is 0.493 e. The molecule has 0 radical (unpaired) electrons. The second kappa shape index (κ2) is 11.2. The molecule has 0 saturated heterocycles. The highest BCUT2D eigenvalue weighted by Crippen LogP contribution is 2.31. The molecule has 2 aromatic rings. The molecule has 0 fully saturated rings. The zero-order valence-electron chi connectivity index (χ0n) is 20.0. The van der Waals surface area contributed by atoms with Crippen LogP contribution in [0.2, 0.25) is 0 Å². The van der Waals surface area contributed by atoms with Gasteiger partial charge in [-0.3, -0.25) is 9.59 Å². The molecule has 2 aliphatic heterocycles. The van der Waals surface area contributed by atoms with Gasteiger partial charge in [0.05, 0.1) is 18.3 Å². The van der Waals surface area contributed by atoms with Gasteiger partial charge in [0.1, 0.15) is 5.75 Å². The van der Waals surface area contributed by atoms with Crippen LogP contribution in [0.4, 0.5) is 0 Å². The predicted octanol–water partition coefficient (Wildman–Crippen LogP) is 2.92. The Kier molecular flexibility index (Phi) is 8.57. The third-order valence-electron chi connectivity index (χ3n) is 6.26. The number of nitrogens with one attached hydrogen (secondary N) is 2. The number of amides is 2. The zero-order valence-corrected chi connectivity index (χ0v) is 20.8. The fraction of sp³-hybridized carbons (Fsp3) is 0.462. The summed E-state index contributed by atoms with van der Waals surface area (Å²) in [6.45, 7) is 8.37. The molecule has 7 nitrogen and oxygen atoms in total. The van der Waals surface area contributed by atoms with E-state index in [-0.39, 0.29) is 36.8 Å². The van der Waals surface area contributed by atoms with Crippen LogP contribution in [0.25, 0.3) is 0 Å². The Labute approximate surface area is 207 Å². The van der Waals surface area contributed by atoms with E-state index in [2.05, 4.69) is 36.6 Å². The van der Waals surface area contributed by atoms with Gasteiger partial charge < -0.3 is 25.4 Å². The smallest absolute Gasteiger partial charge is 0.255 e. The Hall–Kier alpha value is -2.61. The van der Waals surface area contributed by atoms with E-state index in [1.807, 2.05) is 24.0 Å². The van der Waals surface area contributed by atoms with Crippen LogP contribution in [0.3, 0.4) is 0 Å². The zero-order chi connectivity index (χ0) is 23.5. The Bertz CT molecular complexity index is 1040. The van der Waals surface area contributed by atoms with Crippen molar-refractivity contribution >= 4 is 24.2 Å². The lowest BCUT2D eigenvalue weighted by Crippen LogP contribution is -2.49. The molecule has 0 saturated carbocycles. The summed E-state index contributed by atoms with van der Waals surface area (Å²) >= 11 is 0. The Morgan fingerprint density at radius 1 is 1.24 bits per heavy atom. The fourth-order valence-electron chi connectivity index (χ4n) is 4.63. The molecule has 2 unspecified atom stereocenters. The van der Waals surface area contributed by atoms with Crippen molar-refractivity contribution in [3.63, 3.8) is 0 Å². The second-order valence-electron chi connectivity index (χ2n) is 9.26. The summed E-state index contributed by atoms with van der Waals surface area (Å²) in [7, 11) is 0. The van der Waals surface area contributed by atoms with Gasteiger partial charge in [-0.25, -0.2) is 0 Å². The molecule has 2 aliphatic rings. The van der Waals surface area contributed by atoms with Gasteiger partial charge in [-0.2, -0.15) is 0 Å². The van der Waals surface area contributed by atoms with Crippen molar-refractivity contribution in [3.05, 3.63) is 64.2 Å². The molecule has 2 aromatic carbocycles. The number of carbonyl (C=O) groups excluding carboxylic acids is 2. The Morgan fingerprint density at radius 2 is 1.97 bits per heavy atom. The lowest BCUT2D eigenvalue weighted by Gasteiger charge is -2.30. The molecule has 2 amide bonds. The molecule has 3 N–H and O–H groups in total. The minimum atomic E-state index is -0.726. The topological polar surface area (TPSA) is 90.9 Å². The van der Waals surface area contributed by atoms with Gasteiger partial charge in [0, 0.05) is 37.8 Å². The molecule has 0 aromatic heterocycles. The molecule has 0 bridgehead atoms. The summed E-state index contributed by atoms with van der Waals surface area (Å²) in [5.74, 6) is 0.420. The van der Waals surface area contributed by atoms with Gasteiger partial charge in [-0.05, 0) is 48.1 Å². The van der Waals surface area contributed by atoms with Gasteiger partial charge in [-0.1, -0.05) is 38.1 Å². The number of aliphatic hydroxyl groups excluding tert-OH is 1. The van der Waals surface area contributed by atoms with E-state index in [9.17, 15) is 14.7 Å². The molecule has 2 heterocycles. The van der Waals surface area contributed by atoms with Crippen molar-refractivity contribution in [2.75, 3.05) is 19.7 Å². The highest BCUT2D eigenvalue weighted by molar-refractivity contribution is 6.03. The number of rotatable bonds is 8.